The maximum atomic E-state index is 11.1. The van der Waals surface area contributed by atoms with Crippen molar-refractivity contribution < 1.29 is 9.90 Å². The fraction of sp³-hybridized carbons (Fsp3) is 0.211. The highest BCUT2D eigenvalue weighted by Crippen LogP contribution is 2.26. The van der Waals surface area contributed by atoms with Crippen LogP contribution in [0.3, 0.4) is 0 Å². The van der Waals surface area contributed by atoms with Gasteiger partial charge in [0, 0.05) is 6.08 Å². The molecule has 21 heavy (non-hydrogen) atoms. The lowest BCUT2D eigenvalue weighted by Crippen LogP contribution is -1.96. The monoisotopic (exact) mass is 280 g/mol. The molecule has 0 aromatic heterocycles. The summed E-state index contributed by atoms with van der Waals surface area (Å²) in [6.45, 7) is 6.29. The molecule has 0 aliphatic rings. The Morgan fingerprint density at radius 3 is 2.24 bits per heavy atom. The van der Waals surface area contributed by atoms with Gasteiger partial charge in [0.25, 0.3) is 0 Å². The van der Waals surface area contributed by atoms with Crippen molar-refractivity contribution in [2.24, 2.45) is 0 Å². The highest BCUT2D eigenvalue weighted by atomic mass is 16.4. The summed E-state index contributed by atoms with van der Waals surface area (Å²) in [5, 5.41) is 9.14. The van der Waals surface area contributed by atoms with Gasteiger partial charge >= 0.3 is 5.97 Å². The topological polar surface area (TPSA) is 37.3 Å². The van der Waals surface area contributed by atoms with Gasteiger partial charge in [-0.25, -0.2) is 4.79 Å². The van der Waals surface area contributed by atoms with Crippen molar-refractivity contribution >= 4 is 11.5 Å². The Bertz CT molecular complexity index is 664. The smallest absolute Gasteiger partial charge is 0.328 e. The van der Waals surface area contributed by atoms with Crippen LogP contribution in [0.2, 0.25) is 0 Å². The fourth-order valence-electron chi connectivity index (χ4n) is 2.32. The van der Waals surface area contributed by atoms with Crippen molar-refractivity contribution in [3.8, 4) is 0 Å². The van der Waals surface area contributed by atoms with Crippen LogP contribution in [0, 0.1) is 6.92 Å². The average Bonchev–Trinajstić information content (AvgIpc) is 2.44. The zero-order valence-electron chi connectivity index (χ0n) is 12.6. The minimum atomic E-state index is -0.931. The second-order valence-corrected chi connectivity index (χ2v) is 5.54. The number of hydrogen-bond donors (Lipinski definition) is 1. The molecule has 0 unspecified atom stereocenters. The van der Waals surface area contributed by atoms with Crippen LogP contribution in [0.25, 0.3) is 5.57 Å². The molecule has 2 rings (SSSR count). The van der Waals surface area contributed by atoms with E-state index < -0.39 is 5.97 Å². The Morgan fingerprint density at radius 2 is 1.71 bits per heavy atom. The van der Waals surface area contributed by atoms with E-state index in [4.69, 9.17) is 5.11 Å². The molecule has 0 aliphatic carbocycles. The van der Waals surface area contributed by atoms with Gasteiger partial charge in [-0.3, -0.25) is 0 Å². The van der Waals surface area contributed by atoms with Gasteiger partial charge in [-0.1, -0.05) is 67.9 Å². The van der Waals surface area contributed by atoms with Crippen LogP contribution in [0.4, 0.5) is 0 Å². The molecule has 0 heterocycles. The summed E-state index contributed by atoms with van der Waals surface area (Å²) in [5.41, 5.74) is 4.95. The van der Waals surface area contributed by atoms with Crippen molar-refractivity contribution in [3.05, 3.63) is 76.9 Å². The molecule has 0 aliphatic heterocycles. The molecule has 0 amide bonds. The lowest BCUT2D eigenvalue weighted by molar-refractivity contribution is -0.131. The predicted molar refractivity (Wildman–Crippen MR) is 86.4 cm³/mol. The third kappa shape index (κ3) is 3.82. The van der Waals surface area contributed by atoms with Gasteiger partial charge in [0.2, 0.25) is 0 Å². The summed E-state index contributed by atoms with van der Waals surface area (Å²) in [4.78, 5) is 11.1. The number of carboxylic acids is 1. The number of carbonyl (C=O) groups is 1. The normalized spacial score (nSPS) is 11.7. The highest BCUT2D eigenvalue weighted by molar-refractivity contribution is 5.95. The van der Waals surface area contributed by atoms with Crippen molar-refractivity contribution in [1.82, 2.24) is 0 Å². The highest BCUT2D eigenvalue weighted by Gasteiger charge is 2.08. The van der Waals surface area contributed by atoms with E-state index in [0.717, 1.165) is 22.3 Å². The molecule has 0 saturated heterocycles. The Kier molecular flexibility index (Phi) is 4.59. The molecule has 2 aromatic carbocycles. The maximum Gasteiger partial charge on any atom is 0.328 e. The molecule has 0 atom stereocenters. The molecule has 2 aromatic rings. The first-order valence-corrected chi connectivity index (χ1v) is 7.09. The molecule has 1 N–H and O–H groups in total. The van der Waals surface area contributed by atoms with E-state index in [9.17, 15) is 4.79 Å². The van der Waals surface area contributed by atoms with Crippen LogP contribution in [-0.2, 0) is 4.79 Å². The Morgan fingerprint density at radius 1 is 1.05 bits per heavy atom. The number of hydrogen-bond acceptors (Lipinski definition) is 1. The van der Waals surface area contributed by atoms with Crippen LogP contribution < -0.4 is 0 Å². The Hall–Kier alpha value is -2.35. The summed E-state index contributed by atoms with van der Waals surface area (Å²) in [5.74, 6) is -0.468. The van der Waals surface area contributed by atoms with Crippen LogP contribution in [-0.4, -0.2) is 11.1 Å². The summed E-state index contributed by atoms with van der Waals surface area (Å²) < 4.78 is 0. The minimum Gasteiger partial charge on any atom is -0.478 e. The van der Waals surface area contributed by atoms with Gasteiger partial charge in [-0.15, -0.1) is 0 Å². The van der Waals surface area contributed by atoms with E-state index in [-0.39, 0.29) is 0 Å². The predicted octanol–water partition coefficient (Wildman–Crippen LogP) is 4.63. The van der Waals surface area contributed by atoms with Crippen LogP contribution >= 0.6 is 0 Å². The SMILES string of the molecule is Cc1cccc(/C(=C\C(=O)O)c2ccc(C(C)C)cc2)c1. The van der Waals surface area contributed by atoms with Crippen molar-refractivity contribution in [2.75, 3.05) is 0 Å². The quantitative estimate of drug-likeness (QED) is 0.829. The van der Waals surface area contributed by atoms with Gasteiger partial charge in [0.15, 0.2) is 0 Å². The van der Waals surface area contributed by atoms with E-state index >= 15 is 0 Å². The summed E-state index contributed by atoms with van der Waals surface area (Å²) in [6.07, 6.45) is 1.28. The molecule has 0 saturated carbocycles. The summed E-state index contributed by atoms with van der Waals surface area (Å²) in [6, 6.07) is 16.0. The Labute approximate surface area is 125 Å². The molecule has 2 nitrogen and oxygen atoms in total. The number of rotatable bonds is 4. The number of benzene rings is 2. The zero-order valence-corrected chi connectivity index (χ0v) is 12.6. The molecule has 0 radical (unpaired) electrons. The summed E-state index contributed by atoms with van der Waals surface area (Å²) in [7, 11) is 0. The molecular weight excluding hydrogens is 260 g/mol. The lowest BCUT2D eigenvalue weighted by atomic mass is 9.94. The van der Waals surface area contributed by atoms with Crippen LogP contribution in [0.15, 0.2) is 54.6 Å². The second-order valence-electron chi connectivity index (χ2n) is 5.54. The van der Waals surface area contributed by atoms with Gasteiger partial charge in [-0.2, -0.15) is 0 Å². The minimum absolute atomic E-state index is 0.463. The molecule has 2 heteroatoms. The van der Waals surface area contributed by atoms with Crippen LogP contribution in [0.1, 0.15) is 42.0 Å². The van der Waals surface area contributed by atoms with Gasteiger partial charge < -0.3 is 5.11 Å². The third-order valence-corrected chi connectivity index (χ3v) is 3.49. The first-order chi connectivity index (χ1) is 9.97. The van der Waals surface area contributed by atoms with E-state index in [1.807, 2.05) is 43.3 Å². The molecule has 108 valence electrons. The van der Waals surface area contributed by atoms with Crippen molar-refractivity contribution in [1.29, 1.82) is 0 Å². The maximum absolute atomic E-state index is 11.1. The van der Waals surface area contributed by atoms with E-state index in [2.05, 4.69) is 26.0 Å². The number of carboxylic acid groups (broad SMARTS) is 1. The van der Waals surface area contributed by atoms with E-state index in [0.29, 0.717) is 5.92 Å². The molecular formula is C19H20O2. The van der Waals surface area contributed by atoms with Crippen LogP contribution in [0.5, 0.6) is 0 Å². The molecule has 0 fully saturated rings. The van der Waals surface area contributed by atoms with Gasteiger partial charge in [0.1, 0.15) is 0 Å². The Balaban J connectivity index is 2.49. The summed E-state index contributed by atoms with van der Waals surface area (Å²) >= 11 is 0. The lowest BCUT2D eigenvalue weighted by Gasteiger charge is -2.11. The average molecular weight is 280 g/mol. The van der Waals surface area contributed by atoms with Gasteiger partial charge in [-0.05, 0) is 35.1 Å². The van der Waals surface area contributed by atoms with E-state index in [1.165, 1.54) is 11.6 Å². The zero-order chi connectivity index (χ0) is 15.4. The standard InChI is InChI=1S/C19H20O2/c1-13(2)15-7-9-16(10-8-15)18(12-19(20)21)17-6-4-5-14(3)11-17/h4-13H,1-3H3,(H,20,21)/b18-12-. The number of aliphatic carboxylic acids is 1. The first kappa shape index (κ1) is 15.0. The van der Waals surface area contributed by atoms with E-state index in [1.54, 1.807) is 0 Å². The molecule has 0 bridgehead atoms. The van der Waals surface area contributed by atoms with Crippen molar-refractivity contribution in [2.45, 2.75) is 26.7 Å². The fourth-order valence-corrected chi connectivity index (χ4v) is 2.32. The third-order valence-electron chi connectivity index (χ3n) is 3.49. The molecule has 0 spiro atoms. The second kappa shape index (κ2) is 6.40. The first-order valence-electron chi connectivity index (χ1n) is 7.09. The number of aryl methyl sites for hydroxylation is 1. The largest absolute Gasteiger partial charge is 0.478 e. The van der Waals surface area contributed by atoms with Crippen molar-refractivity contribution in [3.63, 3.8) is 0 Å². The van der Waals surface area contributed by atoms with Gasteiger partial charge in [0.05, 0.1) is 0 Å².